The van der Waals surface area contributed by atoms with E-state index in [-0.39, 0.29) is 17.4 Å². The quantitative estimate of drug-likeness (QED) is 0.765. The molecule has 0 aliphatic heterocycles. The first-order valence-electron chi connectivity index (χ1n) is 6.44. The molecule has 7 nitrogen and oxygen atoms in total. The van der Waals surface area contributed by atoms with Crippen LogP contribution < -0.4 is 4.74 Å². The molecule has 0 aliphatic carbocycles. The van der Waals surface area contributed by atoms with E-state index in [1.807, 2.05) is 0 Å². The van der Waals surface area contributed by atoms with Gasteiger partial charge in [-0.05, 0) is 30.6 Å². The lowest BCUT2D eigenvalue weighted by Crippen LogP contribution is -1.99. The van der Waals surface area contributed by atoms with Crippen molar-refractivity contribution in [2.24, 2.45) is 0 Å². The van der Waals surface area contributed by atoms with Crippen molar-refractivity contribution in [2.75, 3.05) is 0 Å². The van der Waals surface area contributed by atoms with Crippen molar-refractivity contribution in [3.05, 3.63) is 46.4 Å². The Labute approximate surface area is 133 Å². The highest BCUT2D eigenvalue weighted by molar-refractivity contribution is 7.08. The highest BCUT2D eigenvalue weighted by atomic mass is 32.1. The van der Waals surface area contributed by atoms with Crippen molar-refractivity contribution >= 4 is 17.5 Å². The number of carboxylic acids is 1. The molecule has 0 saturated carbocycles. The maximum atomic E-state index is 13.0. The Morgan fingerprint density at radius 2 is 2.30 bits per heavy atom. The van der Waals surface area contributed by atoms with E-state index in [1.54, 1.807) is 6.92 Å². The first-order chi connectivity index (χ1) is 11.0. The molecule has 0 radical (unpaired) electrons. The molecule has 3 heterocycles. The second-order valence-corrected chi connectivity index (χ2v) is 5.36. The Balaban J connectivity index is 1.81. The number of carboxylic acid groups (broad SMARTS) is 1. The summed E-state index contributed by atoms with van der Waals surface area (Å²) in [5, 5.41) is 12.8. The van der Waals surface area contributed by atoms with Crippen LogP contribution in [0.1, 0.15) is 21.0 Å². The van der Waals surface area contributed by atoms with Gasteiger partial charge in [-0.1, -0.05) is 5.16 Å². The summed E-state index contributed by atoms with van der Waals surface area (Å²) in [5.41, 5.74) is 1.52. The Hall–Kier alpha value is -2.81. The molecule has 0 spiro atoms. The molecule has 0 unspecified atom stereocenters. The topological polar surface area (TPSA) is 98.3 Å². The molecule has 0 fully saturated rings. The lowest BCUT2D eigenvalue weighted by molar-refractivity contribution is 0.0702. The maximum absolute atomic E-state index is 13.0. The van der Waals surface area contributed by atoms with Gasteiger partial charge in [-0.3, -0.25) is 4.98 Å². The number of carbonyl (C=O) groups is 1. The van der Waals surface area contributed by atoms with E-state index in [0.717, 1.165) is 17.7 Å². The SMILES string of the molecule is Cc1onc(-c2ccc(F)cn2)c1COc1cc(C(=O)O)sn1. The molecule has 0 saturated heterocycles. The monoisotopic (exact) mass is 335 g/mol. The van der Waals surface area contributed by atoms with Crippen LogP contribution in [0.25, 0.3) is 11.4 Å². The van der Waals surface area contributed by atoms with Crippen molar-refractivity contribution in [3.8, 4) is 17.3 Å². The van der Waals surface area contributed by atoms with E-state index in [4.69, 9.17) is 14.4 Å². The summed E-state index contributed by atoms with van der Waals surface area (Å²) in [5.74, 6) is -0.782. The summed E-state index contributed by atoms with van der Waals surface area (Å²) < 4.78 is 27.5. The van der Waals surface area contributed by atoms with Crippen LogP contribution >= 0.6 is 11.5 Å². The van der Waals surface area contributed by atoms with E-state index < -0.39 is 11.8 Å². The number of hydrogen-bond acceptors (Lipinski definition) is 7. The molecule has 9 heteroatoms. The maximum Gasteiger partial charge on any atom is 0.347 e. The summed E-state index contributed by atoms with van der Waals surface area (Å²) in [6, 6.07) is 4.10. The summed E-state index contributed by atoms with van der Waals surface area (Å²) in [4.78, 5) is 14.9. The van der Waals surface area contributed by atoms with Crippen LogP contribution in [0.2, 0.25) is 0 Å². The molecule has 3 rings (SSSR count). The van der Waals surface area contributed by atoms with Gasteiger partial charge >= 0.3 is 5.97 Å². The van der Waals surface area contributed by atoms with Gasteiger partial charge in [0.15, 0.2) is 0 Å². The van der Waals surface area contributed by atoms with Gasteiger partial charge in [0.1, 0.15) is 28.8 Å². The molecule has 118 valence electrons. The summed E-state index contributed by atoms with van der Waals surface area (Å²) >= 11 is 0.834. The number of rotatable bonds is 5. The van der Waals surface area contributed by atoms with E-state index >= 15 is 0 Å². The van der Waals surface area contributed by atoms with E-state index in [1.165, 1.54) is 18.2 Å². The average Bonchev–Trinajstić information content (AvgIpc) is 3.13. The molecule has 0 amide bonds. The van der Waals surface area contributed by atoms with Gasteiger partial charge < -0.3 is 14.4 Å². The predicted octanol–water partition coefficient (Wildman–Crippen LogP) is 2.92. The molecule has 0 bridgehead atoms. The number of pyridine rings is 1. The summed E-state index contributed by atoms with van der Waals surface area (Å²) in [6.07, 6.45) is 1.09. The number of ether oxygens (including phenoxy) is 1. The Morgan fingerprint density at radius 1 is 1.48 bits per heavy atom. The largest absolute Gasteiger partial charge is 0.477 e. The molecule has 23 heavy (non-hydrogen) atoms. The zero-order chi connectivity index (χ0) is 16.4. The van der Waals surface area contributed by atoms with Crippen molar-refractivity contribution in [1.82, 2.24) is 14.5 Å². The van der Waals surface area contributed by atoms with E-state index in [9.17, 15) is 9.18 Å². The van der Waals surface area contributed by atoms with Crippen LogP contribution in [0, 0.1) is 12.7 Å². The second kappa shape index (κ2) is 6.13. The molecular formula is C14H10FN3O4S. The van der Waals surface area contributed by atoms with Crippen molar-refractivity contribution in [3.63, 3.8) is 0 Å². The minimum absolute atomic E-state index is 0.0759. The highest BCUT2D eigenvalue weighted by Crippen LogP contribution is 2.25. The van der Waals surface area contributed by atoms with Crippen LogP contribution in [0.5, 0.6) is 5.88 Å². The molecule has 0 aliphatic rings. The number of nitrogens with zero attached hydrogens (tertiary/aromatic N) is 3. The fraction of sp³-hybridized carbons (Fsp3) is 0.143. The van der Waals surface area contributed by atoms with Crippen molar-refractivity contribution in [2.45, 2.75) is 13.5 Å². The van der Waals surface area contributed by atoms with Crippen LogP contribution in [0.3, 0.4) is 0 Å². The zero-order valence-corrected chi connectivity index (χ0v) is 12.6. The third kappa shape index (κ3) is 3.19. The Morgan fingerprint density at radius 3 is 2.96 bits per heavy atom. The fourth-order valence-corrected chi connectivity index (χ4v) is 2.38. The molecule has 3 aromatic heterocycles. The van der Waals surface area contributed by atoms with Gasteiger partial charge in [-0.25, -0.2) is 9.18 Å². The number of aryl methyl sites for hydroxylation is 1. The van der Waals surface area contributed by atoms with Gasteiger partial charge in [0, 0.05) is 6.07 Å². The van der Waals surface area contributed by atoms with E-state index in [0.29, 0.717) is 22.7 Å². The second-order valence-electron chi connectivity index (χ2n) is 4.55. The highest BCUT2D eigenvalue weighted by Gasteiger charge is 2.17. The summed E-state index contributed by atoms with van der Waals surface area (Å²) in [6.45, 7) is 1.79. The average molecular weight is 335 g/mol. The molecule has 0 aromatic carbocycles. The van der Waals surface area contributed by atoms with Gasteiger partial charge in [-0.2, -0.15) is 4.37 Å². The number of aromatic nitrogens is 3. The predicted molar refractivity (Wildman–Crippen MR) is 77.8 cm³/mol. The minimum atomic E-state index is -1.06. The fourth-order valence-electron chi connectivity index (χ4n) is 1.85. The van der Waals surface area contributed by atoms with Crippen LogP contribution in [0.15, 0.2) is 28.9 Å². The lowest BCUT2D eigenvalue weighted by atomic mass is 10.1. The first-order valence-corrected chi connectivity index (χ1v) is 7.22. The smallest absolute Gasteiger partial charge is 0.347 e. The number of hydrogen-bond donors (Lipinski definition) is 1. The standard InChI is InChI=1S/C14H10FN3O4S/c1-7-9(6-21-12-4-11(14(19)20)23-18-12)13(17-22-7)10-3-2-8(15)5-16-10/h2-5H,6H2,1H3,(H,19,20). The van der Waals surface area contributed by atoms with Crippen LogP contribution in [-0.4, -0.2) is 25.6 Å². The summed E-state index contributed by atoms with van der Waals surface area (Å²) in [7, 11) is 0. The van der Waals surface area contributed by atoms with Gasteiger partial charge in [0.05, 0.1) is 17.5 Å². The first kappa shape index (κ1) is 15.1. The third-order valence-electron chi connectivity index (χ3n) is 3.02. The Kier molecular flexibility index (Phi) is 4.02. The van der Waals surface area contributed by atoms with Crippen molar-refractivity contribution < 1.29 is 23.6 Å². The molecule has 3 aromatic rings. The minimum Gasteiger partial charge on any atom is -0.477 e. The van der Waals surface area contributed by atoms with Gasteiger partial charge in [0.25, 0.3) is 0 Å². The van der Waals surface area contributed by atoms with E-state index in [2.05, 4.69) is 14.5 Å². The zero-order valence-electron chi connectivity index (χ0n) is 11.8. The molecular weight excluding hydrogens is 325 g/mol. The van der Waals surface area contributed by atoms with Crippen LogP contribution in [-0.2, 0) is 6.61 Å². The molecule has 0 atom stereocenters. The van der Waals surface area contributed by atoms with Crippen LogP contribution in [0.4, 0.5) is 4.39 Å². The number of aromatic carboxylic acids is 1. The van der Waals surface area contributed by atoms with Gasteiger partial charge in [-0.15, -0.1) is 0 Å². The lowest BCUT2D eigenvalue weighted by Gasteiger charge is -2.03. The molecule has 1 N–H and O–H groups in total. The number of halogens is 1. The van der Waals surface area contributed by atoms with Gasteiger partial charge in [0.2, 0.25) is 5.88 Å². The Bertz CT molecular complexity index is 844. The third-order valence-corrected chi connectivity index (χ3v) is 3.78. The normalized spacial score (nSPS) is 10.7. The van der Waals surface area contributed by atoms with Crippen molar-refractivity contribution in [1.29, 1.82) is 0 Å².